The lowest BCUT2D eigenvalue weighted by Crippen LogP contribution is -2.69. The fourth-order valence-corrected chi connectivity index (χ4v) is 4.36. The number of hydrazone groups is 1. The Labute approximate surface area is 194 Å². The van der Waals surface area contributed by atoms with Gasteiger partial charge in [0.25, 0.3) is 17.7 Å². The molecule has 0 saturated heterocycles. The van der Waals surface area contributed by atoms with Gasteiger partial charge in [-0.05, 0) is 47.5 Å². The number of carbonyl (C=O) groups excluding carboxylic acids is 3. The second-order valence-electron chi connectivity index (χ2n) is 7.44. The zero-order chi connectivity index (χ0) is 24.5. The number of carbonyl (C=O) groups is 3. The van der Waals surface area contributed by atoms with Crippen molar-refractivity contribution in [1.82, 2.24) is 16.2 Å². The molecule has 2 aromatic rings. The van der Waals surface area contributed by atoms with Crippen molar-refractivity contribution in [3.8, 4) is 17.6 Å². The molecule has 2 atom stereocenters. The van der Waals surface area contributed by atoms with Crippen LogP contribution in [0, 0.1) is 11.3 Å². The summed E-state index contributed by atoms with van der Waals surface area (Å²) in [4.78, 5) is 39.0. The number of amides is 3. The molecule has 2 aliphatic rings. The molecule has 0 fully saturated rings. The molecule has 172 valence electrons. The number of hydrogen-bond acceptors (Lipinski definition) is 8. The van der Waals surface area contributed by atoms with Crippen LogP contribution in [0.15, 0.2) is 64.8 Å². The van der Waals surface area contributed by atoms with E-state index in [-0.39, 0.29) is 11.3 Å². The van der Waals surface area contributed by atoms with Crippen molar-refractivity contribution in [2.45, 2.75) is 11.5 Å². The quantitative estimate of drug-likeness (QED) is 0.272. The minimum atomic E-state index is -1.69. The second-order valence-corrected chi connectivity index (χ2v) is 7.44. The average Bonchev–Trinajstić information content (AvgIpc) is 2.88. The van der Waals surface area contributed by atoms with Gasteiger partial charge in [0.2, 0.25) is 0 Å². The SMILES string of the molecule is COc1ccc(C2=NNC(=O)[C@@H]3NC(=O)C(C#N)=C(C(=O)NN)[C@@]23c2ccc(OC)cc2)cc1. The molecule has 0 spiro atoms. The van der Waals surface area contributed by atoms with Crippen molar-refractivity contribution >= 4 is 23.4 Å². The third-order valence-electron chi connectivity index (χ3n) is 5.87. The van der Waals surface area contributed by atoms with Gasteiger partial charge in [-0.2, -0.15) is 10.4 Å². The molecule has 2 aromatic carbocycles. The van der Waals surface area contributed by atoms with Gasteiger partial charge in [-0.15, -0.1) is 0 Å². The molecule has 34 heavy (non-hydrogen) atoms. The van der Waals surface area contributed by atoms with E-state index in [1.165, 1.54) is 14.2 Å². The highest BCUT2D eigenvalue weighted by Crippen LogP contribution is 2.45. The maximum absolute atomic E-state index is 13.2. The van der Waals surface area contributed by atoms with Crippen LogP contribution in [-0.4, -0.2) is 43.7 Å². The first kappa shape index (κ1) is 22.5. The number of nitrogens with zero attached hydrogens (tertiary/aromatic N) is 2. The van der Waals surface area contributed by atoms with E-state index in [9.17, 15) is 19.6 Å². The smallest absolute Gasteiger partial charge is 0.264 e. The van der Waals surface area contributed by atoms with Gasteiger partial charge in [0.1, 0.15) is 34.6 Å². The highest BCUT2D eigenvalue weighted by molar-refractivity contribution is 6.25. The van der Waals surface area contributed by atoms with Crippen LogP contribution in [0.5, 0.6) is 11.5 Å². The molecule has 0 saturated carbocycles. The Bertz CT molecular complexity index is 1280. The predicted octanol–water partition coefficient (Wildman–Crippen LogP) is -0.216. The maximum Gasteiger partial charge on any atom is 0.264 e. The Morgan fingerprint density at radius 2 is 1.68 bits per heavy atom. The summed E-state index contributed by atoms with van der Waals surface area (Å²) in [5.41, 5.74) is 3.11. The largest absolute Gasteiger partial charge is 0.497 e. The van der Waals surface area contributed by atoms with Crippen molar-refractivity contribution in [3.05, 3.63) is 70.8 Å². The van der Waals surface area contributed by atoms with Crippen molar-refractivity contribution in [3.63, 3.8) is 0 Å². The van der Waals surface area contributed by atoms with Crippen LogP contribution < -0.4 is 31.5 Å². The minimum Gasteiger partial charge on any atom is -0.497 e. The molecule has 0 radical (unpaired) electrons. The van der Waals surface area contributed by atoms with Crippen LogP contribution in [0.2, 0.25) is 0 Å². The lowest BCUT2D eigenvalue weighted by Gasteiger charge is -2.47. The van der Waals surface area contributed by atoms with Crippen LogP contribution in [0.25, 0.3) is 0 Å². The van der Waals surface area contributed by atoms with Gasteiger partial charge in [0, 0.05) is 0 Å². The van der Waals surface area contributed by atoms with Gasteiger partial charge in [-0.3, -0.25) is 19.8 Å². The number of ether oxygens (including phenoxy) is 2. The van der Waals surface area contributed by atoms with Gasteiger partial charge in [-0.25, -0.2) is 11.3 Å². The van der Waals surface area contributed by atoms with Gasteiger partial charge in [0.05, 0.1) is 25.5 Å². The van der Waals surface area contributed by atoms with E-state index in [0.717, 1.165) is 0 Å². The third-order valence-corrected chi connectivity index (χ3v) is 5.87. The third kappa shape index (κ3) is 3.25. The second kappa shape index (κ2) is 8.68. The number of rotatable bonds is 5. The molecule has 3 amide bonds. The van der Waals surface area contributed by atoms with Gasteiger partial charge >= 0.3 is 0 Å². The van der Waals surface area contributed by atoms with Crippen LogP contribution in [0.3, 0.4) is 0 Å². The van der Waals surface area contributed by atoms with Crippen LogP contribution in [0.4, 0.5) is 0 Å². The normalized spacial score (nSPS) is 21.4. The number of hydrogen-bond donors (Lipinski definition) is 4. The van der Waals surface area contributed by atoms with E-state index >= 15 is 0 Å². The van der Waals surface area contributed by atoms with Crippen molar-refractivity contribution < 1.29 is 23.9 Å². The lowest BCUT2D eigenvalue weighted by molar-refractivity contribution is -0.130. The number of nitrogens with one attached hydrogen (secondary N) is 3. The van der Waals surface area contributed by atoms with E-state index in [1.807, 2.05) is 5.43 Å². The summed E-state index contributed by atoms with van der Waals surface area (Å²) < 4.78 is 10.5. The number of fused-ring (bicyclic) bond motifs is 1. The van der Waals surface area contributed by atoms with E-state index in [0.29, 0.717) is 22.6 Å². The molecular weight excluding hydrogens is 440 g/mol. The lowest BCUT2D eigenvalue weighted by atomic mass is 9.60. The van der Waals surface area contributed by atoms with E-state index in [2.05, 4.69) is 15.8 Å². The number of methoxy groups -OCH3 is 2. The topological polar surface area (TPSA) is 168 Å². The number of hydrazine groups is 1. The summed E-state index contributed by atoms with van der Waals surface area (Å²) in [6.45, 7) is 0. The van der Waals surface area contributed by atoms with Crippen molar-refractivity contribution in [2.75, 3.05) is 14.2 Å². The maximum atomic E-state index is 13.2. The molecular formula is C23H20N6O5. The van der Waals surface area contributed by atoms with Gasteiger partial charge in [-0.1, -0.05) is 12.1 Å². The minimum absolute atomic E-state index is 0.219. The van der Waals surface area contributed by atoms with Crippen LogP contribution in [-0.2, 0) is 19.8 Å². The fraction of sp³-hybridized carbons (Fsp3) is 0.174. The van der Waals surface area contributed by atoms with Crippen LogP contribution >= 0.6 is 0 Å². The molecule has 0 aromatic heterocycles. The fourth-order valence-electron chi connectivity index (χ4n) is 4.36. The summed E-state index contributed by atoms with van der Waals surface area (Å²) in [5.74, 6) is 4.13. The Kier molecular flexibility index (Phi) is 5.75. The monoisotopic (exact) mass is 460 g/mol. The Morgan fingerprint density at radius 3 is 2.21 bits per heavy atom. The highest BCUT2D eigenvalue weighted by Gasteiger charge is 2.60. The Balaban J connectivity index is 2.13. The molecule has 0 bridgehead atoms. The average molecular weight is 460 g/mol. The van der Waals surface area contributed by atoms with Crippen molar-refractivity contribution in [1.29, 1.82) is 5.26 Å². The standard InChI is InChI=1S/C23H20N6O5/c1-33-14-7-3-12(4-8-14)18-23(13-5-9-15(34-2)10-6-13)17(21(31)27-25)16(11-24)20(30)26-19(23)22(32)29-28-18/h3-10,19H,25H2,1-2H3,(H,26,30)(H,27,31)(H,29,32)/t19-,23-/m0/s1. The van der Waals surface area contributed by atoms with E-state index in [4.69, 9.17) is 15.3 Å². The molecule has 11 heteroatoms. The van der Waals surface area contributed by atoms with Crippen molar-refractivity contribution in [2.24, 2.45) is 10.9 Å². The number of nitrogens with two attached hydrogens (primary N) is 1. The molecule has 0 unspecified atom stereocenters. The predicted molar refractivity (Wildman–Crippen MR) is 119 cm³/mol. The molecule has 0 aliphatic carbocycles. The number of nitriles is 1. The summed E-state index contributed by atoms with van der Waals surface area (Å²) >= 11 is 0. The zero-order valence-corrected chi connectivity index (χ0v) is 18.2. The van der Waals surface area contributed by atoms with Crippen LogP contribution in [0.1, 0.15) is 11.1 Å². The summed E-state index contributed by atoms with van der Waals surface area (Å²) in [7, 11) is 3.01. The zero-order valence-electron chi connectivity index (χ0n) is 18.2. The summed E-state index contributed by atoms with van der Waals surface area (Å²) in [6, 6.07) is 13.8. The first-order valence-corrected chi connectivity index (χ1v) is 10.1. The molecule has 11 nitrogen and oxygen atoms in total. The Hall–Kier alpha value is -4.69. The van der Waals surface area contributed by atoms with Gasteiger partial charge < -0.3 is 14.8 Å². The summed E-state index contributed by atoms with van der Waals surface area (Å²) in [6.07, 6.45) is 0. The van der Waals surface area contributed by atoms with Gasteiger partial charge in [0.15, 0.2) is 0 Å². The molecule has 4 rings (SSSR count). The summed E-state index contributed by atoms with van der Waals surface area (Å²) in [5, 5.41) is 16.7. The molecule has 5 N–H and O–H groups in total. The molecule has 2 aliphatic heterocycles. The van der Waals surface area contributed by atoms with E-state index < -0.39 is 34.8 Å². The van der Waals surface area contributed by atoms with E-state index in [1.54, 1.807) is 54.6 Å². The first-order valence-electron chi connectivity index (χ1n) is 10.1. The number of benzene rings is 2. The first-order chi connectivity index (χ1) is 16.4. The Morgan fingerprint density at radius 1 is 1.09 bits per heavy atom. The molecule has 2 heterocycles. The highest BCUT2D eigenvalue weighted by atomic mass is 16.5.